The van der Waals surface area contributed by atoms with Crippen molar-refractivity contribution in [2.24, 2.45) is 0 Å². The van der Waals surface area contributed by atoms with E-state index in [1.807, 2.05) is 10.9 Å². The number of hydrogen-bond acceptors (Lipinski definition) is 6. The van der Waals surface area contributed by atoms with Crippen LogP contribution in [0.5, 0.6) is 5.75 Å². The summed E-state index contributed by atoms with van der Waals surface area (Å²) in [6.07, 6.45) is 9.45. The second kappa shape index (κ2) is 9.61. The molecule has 0 atom stereocenters. The van der Waals surface area contributed by atoms with E-state index in [-0.39, 0.29) is 30.4 Å². The van der Waals surface area contributed by atoms with Crippen LogP contribution in [0.15, 0.2) is 43.0 Å². The van der Waals surface area contributed by atoms with Crippen LogP contribution in [0.25, 0.3) is 10.9 Å². The number of aliphatic hydroxyl groups is 1. The fourth-order valence-electron chi connectivity index (χ4n) is 4.10. The monoisotopic (exact) mass is 500 g/mol. The number of aromatic amines is 1. The fraction of sp³-hybridized carbons (Fsp3) is 0.304. The maximum Gasteiger partial charge on any atom is 0.276 e. The second-order valence-electron chi connectivity index (χ2n) is 8.28. The number of amides is 1. The third-order valence-electron chi connectivity index (χ3n) is 5.98. The molecule has 5 rings (SSSR count). The van der Waals surface area contributed by atoms with Gasteiger partial charge in [-0.15, -0.1) is 0 Å². The topological polar surface area (TPSA) is 118 Å². The Hall–Kier alpha value is -3.14. The average Bonchev–Trinajstić information content (AvgIpc) is 3.46. The molecule has 3 heterocycles. The molecule has 0 unspecified atom stereocenters. The summed E-state index contributed by atoms with van der Waals surface area (Å²) in [5, 5.41) is 25.5. The lowest BCUT2D eigenvalue weighted by Gasteiger charge is -2.25. The van der Waals surface area contributed by atoms with Gasteiger partial charge in [0.25, 0.3) is 5.91 Å². The van der Waals surface area contributed by atoms with Gasteiger partial charge in [0.05, 0.1) is 39.6 Å². The molecule has 3 aromatic heterocycles. The number of pyridine rings is 1. The van der Waals surface area contributed by atoms with Gasteiger partial charge in [0.1, 0.15) is 12.4 Å². The molecule has 1 aromatic carbocycles. The van der Waals surface area contributed by atoms with Crippen molar-refractivity contribution in [3.05, 3.63) is 64.3 Å². The predicted molar refractivity (Wildman–Crippen MR) is 128 cm³/mol. The van der Waals surface area contributed by atoms with Gasteiger partial charge in [-0.25, -0.2) is 0 Å². The summed E-state index contributed by atoms with van der Waals surface area (Å²) in [7, 11) is 0. The molecule has 0 radical (unpaired) electrons. The minimum atomic E-state index is -0.359. The van der Waals surface area contributed by atoms with E-state index in [9.17, 15) is 9.90 Å². The lowest BCUT2D eigenvalue weighted by Crippen LogP contribution is -2.21. The third kappa shape index (κ3) is 4.72. The van der Waals surface area contributed by atoms with E-state index in [1.54, 1.807) is 24.4 Å². The van der Waals surface area contributed by atoms with Crippen LogP contribution in [-0.4, -0.2) is 42.1 Å². The number of aliphatic hydroxyl groups excluding tert-OH is 1. The summed E-state index contributed by atoms with van der Waals surface area (Å²) in [5.41, 5.74) is 2.16. The minimum absolute atomic E-state index is 0.155. The third-order valence-corrected chi connectivity index (χ3v) is 6.64. The lowest BCUT2D eigenvalue weighted by molar-refractivity contribution is 0.102. The van der Waals surface area contributed by atoms with Crippen molar-refractivity contribution in [1.29, 1.82) is 0 Å². The largest absolute Gasteiger partial charge is 0.489 e. The van der Waals surface area contributed by atoms with E-state index < -0.39 is 0 Å². The molecule has 1 saturated carbocycles. The first-order valence-electron chi connectivity index (χ1n) is 10.9. The van der Waals surface area contributed by atoms with E-state index >= 15 is 0 Å². The van der Waals surface area contributed by atoms with E-state index in [2.05, 4.69) is 25.6 Å². The second-order valence-corrected chi connectivity index (χ2v) is 9.09. The van der Waals surface area contributed by atoms with Crippen LogP contribution in [0, 0.1) is 0 Å². The first kappa shape index (κ1) is 22.6. The molecule has 0 aliphatic heterocycles. The first-order valence-corrected chi connectivity index (χ1v) is 11.7. The Bertz CT molecular complexity index is 1310. The zero-order valence-electron chi connectivity index (χ0n) is 18.0. The number of nitrogens with one attached hydrogen (secondary N) is 2. The molecule has 1 fully saturated rings. The summed E-state index contributed by atoms with van der Waals surface area (Å²) in [4.78, 5) is 16.9. The van der Waals surface area contributed by atoms with Gasteiger partial charge >= 0.3 is 0 Å². The number of nitrogens with zero attached hydrogens (tertiary/aromatic N) is 4. The SMILES string of the molecule is O=C(Nc1cnn(C2CCC(O)CC2)c1)c1n[nH]c2ccc(OCc3c(Cl)cncc3Cl)cc12. The van der Waals surface area contributed by atoms with Crippen molar-refractivity contribution in [3.8, 4) is 5.75 Å². The van der Waals surface area contributed by atoms with Crippen molar-refractivity contribution in [2.75, 3.05) is 5.32 Å². The number of aromatic nitrogens is 5. The molecule has 1 aliphatic carbocycles. The fourth-order valence-corrected chi connectivity index (χ4v) is 4.58. The highest BCUT2D eigenvalue weighted by Gasteiger charge is 2.22. The van der Waals surface area contributed by atoms with Crippen LogP contribution in [0.1, 0.15) is 47.8 Å². The molecule has 1 amide bonds. The molecule has 0 bridgehead atoms. The molecule has 176 valence electrons. The zero-order chi connectivity index (χ0) is 23.7. The summed E-state index contributed by atoms with van der Waals surface area (Å²) < 4.78 is 7.71. The molecule has 4 aromatic rings. The number of ether oxygens (including phenoxy) is 1. The van der Waals surface area contributed by atoms with Gasteiger partial charge in [0.15, 0.2) is 5.69 Å². The molecule has 1 aliphatic rings. The Morgan fingerprint density at radius 1 is 1.18 bits per heavy atom. The van der Waals surface area contributed by atoms with Crippen LogP contribution in [0.2, 0.25) is 10.0 Å². The van der Waals surface area contributed by atoms with Crippen molar-refractivity contribution >= 4 is 45.7 Å². The molecular formula is C23H22Cl2N6O3. The number of fused-ring (bicyclic) bond motifs is 1. The zero-order valence-corrected chi connectivity index (χ0v) is 19.6. The Morgan fingerprint density at radius 3 is 2.71 bits per heavy atom. The first-order chi connectivity index (χ1) is 16.5. The van der Waals surface area contributed by atoms with Crippen molar-refractivity contribution < 1.29 is 14.6 Å². The Balaban J connectivity index is 1.29. The summed E-state index contributed by atoms with van der Waals surface area (Å²) in [5.74, 6) is 0.182. The summed E-state index contributed by atoms with van der Waals surface area (Å²) >= 11 is 12.3. The predicted octanol–water partition coefficient (Wildman–Crippen LogP) is 4.77. The van der Waals surface area contributed by atoms with Gasteiger partial charge in [0.2, 0.25) is 0 Å². The van der Waals surface area contributed by atoms with Gasteiger partial charge in [0, 0.05) is 29.5 Å². The minimum Gasteiger partial charge on any atom is -0.489 e. The quantitative estimate of drug-likeness (QED) is 0.351. The van der Waals surface area contributed by atoms with E-state index in [0.717, 1.165) is 25.7 Å². The number of carbonyl (C=O) groups excluding carboxylic acids is 1. The van der Waals surface area contributed by atoms with Crippen molar-refractivity contribution in [2.45, 2.75) is 44.4 Å². The van der Waals surface area contributed by atoms with Gasteiger partial charge in [-0.05, 0) is 43.9 Å². The highest BCUT2D eigenvalue weighted by atomic mass is 35.5. The highest BCUT2D eigenvalue weighted by molar-refractivity contribution is 6.35. The lowest BCUT2D eigenvalue weighted by atomic mass is 9.93. The average molecular weight is 501 g/mol. The Morgan fingerprint density at radius 2 is 1.94 bits per heavy atom. The molecule has 3 N–H and O–H groups in total. The number of carbonyl (C=O) groups is 1. The Kier molecular flexibility index (Phi) is 6.40. The molecule has 9 nitrogen and oxygen atoms in total. The Labute approximate surface area is 205 Å². The highest BCUT2D eigenvalue weighted by Crippen LogP contribution is 2.29. The summed E-state index contributed by atoms with van der Waals surface area (Å²) in [6.45, 7) is 0.155. The van der Waals surface area contributed by atoms with Gasteiger partial charge in [-0.2, -0.15) is 10.2 Å². The van der Waals surface area contributed by atoms with E-state index in [1.165, 1.54) is 12.4 Å². The number of halogens is 2. The molecule has 0 spiro atoms. The number of hydrogen-bond donors (Lipinski definition) is 3. The van der Waals surface area contributed by atoms with Crippen LogP contribution < -0.4 is 10.1 Å². The van der Waals surface area contributed by atoms with Crippen molar-refractivity contribution in [3.63, 3.8) is 0 Å². The molecule has 11 heteroatoms. The maximum atomic E-state index is 13.0. The van der Waals surface area contributed by atoms with Crippen LogP contribution in [-0.2, 0) is 6.61 Å². The standard InChI is InChI=1S/C23H22Cl2N6O3/c24-19-9-26-10-20(25)18(19)12-34-16-5-6-21-17(7-16)22(30-29-21)23(33)28-13-8-27-31(11-13)14-1-3-15(32)4-2-14/h5-11,14-15,32H,1-4,12H2,(H,28,33)(H,29,30). The van der Waals surface area contributed by atoms with Gasteiger partial charge in [-0.1, -0.05) is 23.2 Å². The summed E-state index contributed by atoms with van der Waals surface area (Å²) in [6, 6.07) is 5.53. The van der Waals surface area contributed by atoms with Crippen molar-refractivity contribution in [1.82, 2.24) is 25.0 Å². The van der Waals surface area contributed by atoms with Crippen LogP contribution in [0.4, 0.5) is 5.69 Å². The number of anilines is 1. The number of H-pyrrole nitrogens is 1. The normalized spacial score (nSPS) is 18.2. The van der Waals surface area contributed by atoms with E-state index in [4.69, 9.17) is 27.9 Å². The van der Waals surface area contributed by atoms with E-state index in [0.29, 0.717) is 37.9 Å². The number of rotatable bonds is 6. The van der Waals surface area contributed by atoms with Crippen LogP contribution >= 0.6 is 23.2 Å². The molecule has 0 saturated heterocycles. The number of benzene rings is 1. The van der Waals surface area contributed by atoms with Gasteiger partial charge < -0.3 is 15.2 Å². The molecular weight excluding hydrogens is 479 g/mol. The van der Waals surface area contributed by atoms with Gasteiger partial charge in [-0.3, -0.25) is 19.6 Å². The van der Waals surface area contributed by atoms with Crippen LogP contribution in [0.3, 0.4) is 0 Å². The molecule has 34 heavy (non-hydrogen) atoms. The maximum absolute atomic E-state index is 13.0. The smallest absolute Gasteiger partial charge is 0.276 e.